The van der Waals surface area contributed by atoms with Gasteiger partial charge in [-0.15, -0.1) is 11.8 Å². The van der Waals surface area contributed by atoms with Crippen molar-refractivity contribution in [2.24, 2.45) is 0 Å². The Kier molecular flexibility index (Phi) is 5.28. The zero-order chi connectivity index (χ0) is 13.7. The van der Waals surface area contributed by atoms with Gasteiger partial charge in [0.2, 0.25) is 0 Å². The summed E-state index contributed by atoms with van der Waals surface area (Å²) in [6, 6.07) is 8.56. The van der Waals surface area contributed by atoms with Crippen molar-refractivity contribution in [3.63, 3.8) is 0 Å². The maximum atomic E-state index is 11.9. The molecule has 0 spiro atoms. The molecule has 0 bridgehead atoms. The third kappa shape index (κ3) is 4.55. The molecular formula is C15H21NO2S. The van der Waals surface area contributed by atoms with Crippen LogP contribution >= 0.6 is 11.8 Å². The number of nitrogens with one attached hydrogen (secondary N) is 1. The number of hydrogen-bond donors (Lipinski definition) is 1. The summed E-state index contributed by atoms with van der Waals surface area (Å²) in [5, 5.41) is 3.37. The molecule has 1 unspecified atom stereocenters. The fraction of sp³-hybridized carbons (Fsp3) is 0.533. The minimum atomic E-state index is -0.197. The smallest absolute Gasteiger partial charge is 0.324 e. The third-order valence-corrected chi connectivity index (χ3v) is 4.35. The molecule has 1 atom stereocenters. The SMILES string of the molecule is CCOC(=O)C(CSc1ccccc1C)NC1CC1. The van der Waals surface area contributed by atoms with Gasteiger partial charge in [-0.3, -0.25) is 4.79 Å². The number of ether oxygens (including phenoxy) is 1. The number of thioether (sulfide) groups is 1. The summed E-state index contributed by atoms with van der Waals surface area (Å²) < 4.78 is 5.14. The molecule has 104 valence electrons. The minimum Gasteiger partial charge on any atom is -0.465 e. The fourth-order valence-corrected chi connectivity index (χ4v) is 2.90. The van der Waals surface area contributed by atoms with Gasteiger partial charge in [0, 0.05) is 16.7 Å². The molecule has 1 N–H and O–H groups in total. The largest absolute Gasteiger partial charge is 0.465 e. The highest BCUT2D eigenvalue weighted by molar-refractivity contribution is 7.99. The van der Waals surface area contributed by atoms with Crippen LogP contribution in [0.4, 0.5) is 0 Å². The van der Waals surface area contributed by atoms with Gasteiger partial charge in [-0.1, -0.05) is 18.2 Å². The second-order valence-corrected chi connectivity index (χ2v) is 5.88. The number of rotatable bonds is 7. The molecule has 1 aromatic carbocycles. The van der Waals surface area contributed by atoms with Gasteiger partial charge >= 0.3 is 5.97 Å². The highest BCUT2D eigenvalue weighted by Crippen LogP contribution is 2.25. The summed E-state index contributed by atoms with van der Waals surface area (Å²) in [4.78, 5) is 13.1. The zero-order valence-electron chi connectivity index (χ0n) is 11.5. The predicted octanol–water partition coefficient (Wildman–Crippen LogP) is 2.77. The van der Waals surface area contributed by atoms with Crippen LogP contribution in [0.2, 0.25) is 0 Å². The Balaban J connectivity index is 1.91. The maximum absolute atomic E-state index is 11.9. The Bertz CT molecular complexity index is 432. The van der Waals surface area contributed by atoms with Crippen molar-refractivity contribution in [2.75, 3.05) is 12.4 Å². The molecule has 1 aliphatic carbocycles. The van der Waals surface area contributed by atoms with Crippen LogP contribution < -0.4 is 5.32 Å². The Morgan fingerprint density at radius 3 is 2.84 bits per heavy atom. The Morgan fingerprint density at radius 2 is 2.21 bits per heavy atom. The monoisotopic (exact) mass is 279 g/mol. The molecule has 0 saturated heterocycles. The lowest BCUT2D eigenvalue weighted by Crippen LogP contribution is -2.41. The topological polar surface area (TPSA) is 38.3 Å². The Labute approximate surface area is 119 Å². The van der Waals surface area contributed by atoms with E-state index in [9.17, 15) is 4.79 Å². The van der Waals surface area contributed by atoms with Crippen LogP contribution in [0.1, 0.15) is 25.3 Å². The molecule has 1 saturated carbocycles. The second-order valence-electron chi connectivity index (χ2n) is 4.82. The zero-order valence-corrected chi connectivity index (χ0v) is 12.3. The molecule has 1 fully saturated rings. The number of carbonyl (C=O) groups is 1. The summed E-state index contributed by atoms with van der Waals surface area (Å²) in [7, 11) is 0. The lowest BCUT2D eigenvalue weighted by molar-refractivity contribution is -0.145. The number of hydrogen-bond acceptors (Lipinski definition) is 4. The van der Waals surface area contributed by atoms with Gasteiger partial charge in [0.1, 0.15) is 6.04 Å². The summed E-state index contributed by atoms with van der Waals surface area (Å²) in [5.74, 6) is 0.593. The Morgan fingerprint density at radius 1 is 1.47 bits per heavy atom. The van der Waals surface area contributed by atoms with Gasteiger partial charge in [0.15, 0.2) is 0 Å². The summed E-state index contributed by atoms with van der Waals surface area (Å²) in [6.45, 7) is 4.38. The molecule has 4 heteroatoms. The normalized spacial score (nSPS) is 16.1. The first-order chi connectivity index (χ1) is 9.20. The van der Waals surface area contributed by atoms with Crippen LogP contribution in [0.25, 0.3) is 0 Å². The molecular weight excluding hydrogens is 258 g/mol. The molecule has 0 amide bonds. The molecule has 0 aliphatic heterocycles. The number of carbonyl (C=O) groups excluding carboxylic acids is 1. The summed E-state index contributed by atoms with van der Waals surface area (Å²) >= 11 is 1.72. The van der Waals surface area contributed by atoms with E-state index in [1.165, 1.54) is 23.3 Å². The molecule has 19 heavy (non-hydrogen) atoms. The van der Waals surface area contributed by atoms with Gasteiger partial charge in [0.25, 0.3) is 0 Å². The molecule has 1 aromatic rings. The van der Waals surface area contributed by atoms with Crippen molar-refractivity contribution in [3.05, 3.63) is 29.8 Å². The summed E-state index contributed by atoms with van der Waals surface area (Å²) in [6.07, 6.45) is 2.34. The van der Waals surface area contributed by atoms with E-state index in [4.69, 9.17) is 4.74 Å². The van der Waals surface area contributed by atoms with Gasteiger partial charge in [0.05, 0.1) is 6.61 Å². The number of benzene rings is 1. The molecule has 2 rings (SSSR count). The van der Waals surface area contributed by atoms with Crippen LogP contribution in [0.5, 0.6) is 0 Å². The predicted molar refractivity (Wildman–Crippen MR) is 78.5 cm³/mol. The van der Waals surface area contributed by atoms with E-state index >= 15 is 0 Å². The van der Waals surface area contributed by atoms with Crippen LogP contribution in [0.3, 0.4) is 0 Å². The average molecular weight is 279 g/mol. The lowest BCUT2D eigenvalue weighted by Gasteiger charge is -2.17. The fourth-order valence-electron chi connectivity index (χ4n) is 1.85. The van der Waals surface area contributed by atoms with Crippen molar-refractivity contribution in [2.45, 2.75) is 43.7 Å². The van der Waals surface area contributed by atoms with Crippen LogP contribution in [-0.2, 0) is 9.53 Å². The van der Waals surface area contributed by atoms with Crippen LogP contribution in [-0.4, -0.2) is 30.4 Å². The maximum Gasteiger partial charge on any atom is 0.324 e. The van der Waals surface area contributed by atoms with Crippen LogP contribution in [0.15, 0.2) is 29.2 Å². The first-order valence-corrected chi connectivity index (χ1v) is 7.80. The van der Waals surface area contributed by atoms with Crippen molar-refractivity contribution in [3.8, 4) is 0 Å². The average Bonchev–Trinajstić information content (AvgIpc) is 3.20. The van der Waals surface area contributed by atoms with E-state index in [0.29, 0.717) is 12.6 Å². The van der Waals surface area contributed by atoms with E-state index < -0.39 is 0 Å². The van der Waals surface area contributed by atoms with Gasteiger partial charge in [-0.05, 0) is 38.3 Å². The minimum absolute atomic E-state index is 0.129. The third-order valence-electron chi connectivity index (χ3n) is 3.08. The second kappa shape index (κ2) is 6.96. The highest BCUT2D eigenvalue weighted by Gasteiger charge is 2.29. The van der Waals surface area contributed by atoms with Gasteiger partial charge in [-0.25, -0.2) is 0 Å². The first-order valence-electron chi connectivity index (χ1n) is 6.81. The molecule has 0 aromatic heterocycles. The standard InChI is InChI=1S/C15H21NO2S/c1-3-18-15(17)13(16-12-8-9-12)10-19-14-7-5-4-6-11(14)2/h4-7,12-13,16H,3,8-10H2,1-2H3. The number of aryl methyl sites for hydroxylation is 1. The van der Waals surface area contributed by atoms with Gasteiger partial charge < -0.3 is 10.1 Å². The van der Waals surface area contributed by atoms with Crippen LogP contribution in [0, 0.1) is 6.92 Å². The Hall–Kier alpha value is -1.00. The molecule has 0 heterocycles. The summed E-state index contributed by atoms with van der Waals surface area (Å²) in [5.41, 5.74) is 1.25. The quantitative estimate of drug-likeness (QED) is 0.615. The highest BCUT2D eigenvalue weighted by atomic mass is 32.2. The van der Waals surface area contributed by atoms with E-state index in [-0.39, 0.29) is 12.0 Å². The van der Waals surface area contributed by atoms with Crippen molar-refractivity contribution >= 4 is 17.7 Å². The van der Waals surface area contributed by atoms with E-state index in [0.717, 1.165) is 5.75 Å². The van der Waals surface area contributed by atoms with Crippen molar-refractivity contribution in [1.82, 2.24) is 5.32 Å². The van der Waals surface area contributed by atoms with E-state index in [2.05, 4.69) is 24.4 Å². The van der Waals surface area contributed by atoms with E-state index in [1.807, 2.05) is 19.1 Å². The van der Waals surface area contributed by atoms with Crippen molar-refractivity contribution in [1.29, 1.82) is 0 Å². The molecule has 3 nitrogen and oxygen atoms in total. The van der Waals surface area contributed by atoms with Gasteiger partial charge in [-0.2, -0.15) is 0 Å². The molecule has 0 radical (unpaired) electrons. The van der Waals surface area contributed by atoms with Crippen molar-refractivity contribution < 1.29 is 9.53 Å². The van der Waals surface area contributed by atoms with E-state index in [1.54, 1.807) is 11.8 Å². The molecule has 1 aliphatic rings. The first kappa shape index (κ1) is 14.4. The number of esters is 1. The lowest BCUT2D eigenvalue weighted by atomic mass is 10.2.